The molecule has 0 spiro atoms. The molecule has 0 saturated carbocycles. The number of carbonyl (C=O) groups is 2. The molecule has 0 amide bonds. The Bertz CT molecular complexity index is 151. The van der Waals surface area contributed by atoms with Crippen molar-refractivity contribution in [3.63, 3.8) is 0 Å². The molecule has 0 fully saturated rings. The maximum Gasteiger partial charge on any atom is 0.0418 e. The molecule has 4 nitrogen and oxygen atoms in total. The van der Waals surface area contributed by atoms with Crippen molar-refractivity contribution in [3.05, 3.63) is 0 Å². The second-order valence-electron chi connectivity index (χ2n) is 3.80. The molecule has 0 aliphatic rings. The van der Waals surface area contributed by atoms with Crippen molar-refractivity contribution in [2.45, 2.75) is 37.6 Å². The molecule has 0 aromatic heterocycles. The number of rotatable bonds is 3. The van der Waals surface area contributed by atoms with E-state index in [2.05, 4.69) is 20.8 Å². The Morgan fingerprint density at radius 3 is 1.31 bits per heavy atom. The first-order chi connectivity index (χ1) is 5.63. The van der Waals surface area contributed by atoms with Crippen LogP contribution >= 0.6 is 0 Å². The Balaban J connectivity index is 0. The van der Waals surface area contributed by atoms with Crippen molar-refractivity contribution < 1.29 is 38.1 Å². The molecule has 13 heavy (non-hydrogen) atoms. The molecule has 0 heterocycles. The summed E-state index contributed by atoms with van der Waals surface area (Å²) in [5, 5.41) is 19.0. The molecule has 0 unspecified atom stereocenters. The minimum Gasteiger partial charge on any atom is -0.550 e. The maximum atomic E-state index is 9.50. The van der Waals surface area contributed by atoms with E-state index in [1.807, 2.05) is 0 Å². The Labute approximate surface area is 88.0 Å². The van der Waals surface area contributed by atoms with Gasteiger partial charge in [0.25, 0.3) is 0 Å². The molecule has 0 rings (SSSR count). The van der Waals surface area contributed by atoms with Crippen LogP contribution in [0.3, 0.4) is 0 Å². The zero-order valence-corrected chi connectivity index (χ0v) is 11.2. The van der Waals surface area contributed by atoms with E-state index < -0.39 is 24.8 Å². The van der Waals surface area contributed by atoms with E-state index in [9.17, 15) is 19.8 Å². The standard InChI is InChI=1S/C4H6O4.C4H9.Zn/c5-3(6)1-2-4(7)8;1-4(2)3;/h1-2H2,(H,5,6)(H,7,8);1-3H3;/q;;+2/p-2. The van der Waals surface area contributed by atoms with Crippen LogP contribution in [-0.4, -0.2) is 11.9 Å². The first-order valence-electron chi connectivity index (χ1n) is 3.88. The summed E-state index contributed by atoms with van der Waals surface area (Å²) in [5.74, 6) is -2.73. The van der Waals surface area contributed by atoms with Gasteiger partial charge in [-0.1, -0.05) is 0 Å². The van der Waals surface area contributed by atoms with Gasteiger partial charge in [0.1, 0.15) is 0 Å². The third kappa shape index (κ3) is 50.8. The summed E-state index contributed by atoms with van der Waals surface area (Å²) in [7, 11) is 0. The monoisotopic (exact) mass is 237 g/mol. The van der Waals surface area contributed by atoms with Crippen molar-refractivity contribution in [1.29, 1.82) is 0 Å². The number of aliphatic carboxylic acids is 2. The molecular weight excluding hydrogens is 225 g/mol. The normalized spacial score (nSPS) is 9.92. The van der Waals surface area contributed by atoms with Crippen LogP contribution in [0.4, 0.5) is 0 Å². The maximum absolute atomic E-state index is 9.50. The van der Waals surface area contributed by atoms with Crippen molar-refractivity contribution in [2.75, 3.05) is 0 Å². The van der Waals surface area contributed by atoms with Gasteiger partial charge in [-0.3, -0.25) is 0 Å². The van der Waals surface area contributed by atoms with Crippen molar-refractivity contribution in [1.82, 2.24) is 0 Å². The smallest absolute Gasteiger partial charge is 0.0418 e. The topological polar surface area (TPSA) is 80.3 Å². The second kappa shape index (κ2) is 7.01. The summed E-state index contributed by atoms with van der Waals surface area (Å²) in [6.45, 7) is 6.73. The Kier molecular flexibility index (Phi) is 8.12. The molecule has 0 aromatic rings. The van der Waals surface area contributed by atoms with E-state index in [1.54, 1.807) is 0 Å². The number of carboxylic acids is 2. The Morgan fingerprint density at radius 2 is 1.23 bits per heavy atom. The number of carboxylic acid groups (broad SMARTS) is 2. The van der Waals surface area contributed by atoms with E-state index in [4.69, 9.17) is 0 Å². The molecule has 0 aromatic carbocycles. The van der Waals surface area contributed by atoms with Crippen LogP contribution in [0.15, 0.2) is 0 Å². The van der Waals surface area contributed by atoms with Crippen LogP contribution in [0.2, 0.25) is 4.01 Å². The predicted molar refractivity (Wildman–Crippen MR) is 39.0 cm³/mol. The van der Waals surface area contributed by atoms with Gasteiger partial charge in [0, 0.05) is 11.9 Å². The fourth-order valence-corrected chi connectivity index (χ4v) is 0.204. The summed E-state index contributed by atoms with van der Waals surface area (Å²) in [4.78, 5) is 19.0. The third-order valence-electron chi connectivity index (χ3n) is 0.533. The van der Waals surface area contributed by atoms with Gasteiger partial charge in [0.05, 0.1) is 0 Å². The summed E-state index contributed by atoms with van der Waals surface area (Å²) >= 11 is 1.40. The average Bonchev–Trinajstić information content (AvgIpc) is 1.79. The average molecular weight is 239 g/mol. The van der Waals surface area contributed by atoms with Crippen molar-refractivity contribution in [2.24, 2.45) is 0 Å². The number of hydrogen-bond acceptors (Lipinski definition) is 4. The predicted octanol–water partition coefficient (Wildman–Crippen LogP) is -0.982. The molecular formula is C8H13O4Zn. The first kappa shape index (κ1) is 15.1. The minimum atomic E-state index is -1.37. The molecule has 0 radical (unpaired) electrons. The van der Waals surface area contributed by atoms with Crippen molar-refractivity contribution in [3.8, 4) is 0 Å². The molecule has 0 atom stereocenters. The summed E-state index contributed by atoms with van der Waals surface area (Å²) in [6.07, 6.45) is -0.940. The SMILES string of the molecule is C[C](C)(C)[Zn+2].O=C([O-])CCC(=O)[O-]. The van der Waals surface area contributed by atoms with Gasteiger partial charge in [-0.15, -0.1) is 0 Å². The van der Waals surface area contributed by atoms with Gasteiger partial charge in [-0.2, -0.15) is 0 Å². The molecule has 0 aliphatic heterocycles. The number of hydrogen-bond donors (Lipinski definition) is 0. The number of carbonyl (C=O) groups excluding carboxylic acids is 2. The first-order valence-corrected chi connectivity index (χ1v) is 5.36. The Hall–Kier alpha value is -0.437. The Morgan fingerprint density at radius 1 is 1.08 bits per heavy atom. The van der Waals surface area contributed by atoms with Gasteiger partial charge >= 0.3 is 43.1 Å². The van der Waals surface area contributed by atoms with Crippen molar-refractivity contribution >= 4 is 11.9 Å². The van der Waals surface area contributed by atoms with Gasteiger partial charge < -0.3 is 19.8 Å². The summed E-state index contributed by atoms with van der Waals surface area (Å²) in [6, 6.07) is 0. The molecule has 0 saturated heterocycles. The van der Waals surface area contributed by atoms with Gasteiger partial charge in [0.2, 0.25) is 0 Å². The van der Waals surface area contributed by atoms with E-state index >= 15 is 0 Å². The largest absolute Gasteiger partial charge is 0.550 e. The van der Waals surface area contributed by atoms with Crippen LogP contribution in [0.5, 0.6) is 0 Å². The fraction of sp³-hybridized carbons (Fsp3) is 0.750. The minimum absolute atomic E-state index is 0.470. The quantitative estimate of drug-likeness (QED) is 0.592. The van der Waals surface area contributed by atoms with Crippen LogP contribution in [0.1, 0.15) is 33.6 Å². The van der Waals surface area contributed by atoms with E-state index in [0.29, 0.717) is 4.01 Å². The zero-order chi connectivity index (χ0) is 11.1. The molecule has 0 aliphatic carbocycles. The van der Waals surface area contributed by atoms with Crippen LogP contribution in [-0.2, 0) is 27.9 Å². The van der Waals surface area contributed by atoms with E-state index in [-0.39, 0.29) is 0 Å². The molecule has 0 bridgehead atoms. The van der Waals surface area contributed by atoms with Crippen LogP contribution in [0, 0.1) is 0 Å². The van der Waals surface area contributed by atoms with Gasteiger partial charge in [-0.25, -0.2) is 0 Å². The van der Waals surface area contributed by atoms with Gasteiger partial charge in [0.15, 0.2) is 0 Å². The molecule has 71 valence electrons. The summed E-state index contributed by atoms with van der Waals surface area (Å²) < 4.78 is 0.625. The molecule has 0 N–H and O–H groups in total. The van der Waals surface area contributed by atoms with Crippen LogP contribution < -0.4 is 10.2 Å². The fourth-order valence-electron chi connectivity index (χ4n) is 0.204. The summed E-state index contributed by atoms with van der Waals surface area (Å²) in [5.41, 5.74) is 0. The second-order valence-corrected chi connectivity index (χ2v) is 8.26. The molecule has 5 heteroatoms. The van der Waals surface area contributed by atoms with E-state index in [1.165, 1.54) is 18.3 Å². The zero-order valence-electron chi connectivity index (χ0n) is 8.25. The van der Waals surface area contributed by atoms with Crippen LogP contribution in [0.25, 0.3) is 0 Å². The van der Waals surface area contributed by atoms with E-state index in [0.717, 1.165) is 0 Å². The third-order valence-corrected chi connectivity index (χ3v) is 0.533. The van der Waals surface area contributed by atoms with Gasteiger partial charge in [-0.05, 0) is 12.8 Å².